The number of likely N-dealkylation sites (tertiary alicyclic amines) is 1. The first-order valence-electron chi connectivity index (χ1n) is 7.77. The van der Waals surface area contributed by atoms with Crippen LogP contribution in [0.2, 0.25) is 0 Å². The molecular formula is C16H26N2O3. The van der Waals surface area contributed by atoms with Crippen LogP contribution >= 0.6 is 0 Å². The molecule has 118 valence electrons. The van der Waals surface area contributed by atoms with Crippen LogP contribution in [-0.4, -0.2) is 34.7 Å². The van der Waals surface area contributed by atoms with Crippen LogP contribution in [-0.2, 0) is 0 Å². The average Bonchev–Trinajstić information content (AvgIpc) is 3.09. The van der Waals surface area contributed by atoms with Crippen molar-refractivity contribution in [3.63, 3.8) is 0 Å². The first-order valence-corrected chi connectivity index (χ1v) is 7.77. The first-order chi connectivity index (χ1) is 9.99. The van der Waals surface area contributed by atoms with Gasteiger partial charge in [0.2, 0.25) is 0 Å². The highest BCUT2D eigenvalue weighted by Gasteiger charge is 2.31. The van der Waals surface area contributed by atoms with Gasteiger partial charge in [-0.25, -0.2) is 4.79 Å². The van der Waals surface area contributed by atoms with Crippen molar-refractivity contribution in [1.29, 1.82) is 0 Å². The second-order valence-electron chi connectivity index (χ2n) is 6.24. The summed E-state index contributed by atoms with van der Waals surface area (Å²) in [5.41, 5.74) is 0. The monoisotopic (exact) mass is 294 g/mol. The van der Waals surface area contributed by atoms with E-state index in [1.54, 1.807) is 18.4 Å². The van der Waals surface area contributed by atoms with Gasteiger partial charge in [0.25, 0.3) is 0 Å². The number of aliphatic hydroxyl groups is 1. The van der Waals surface area contributed by atoms with Crippen LogP contribution in [0.25, 0.3) is 0 Å². The van der Waals surface area contributed by atoms with Crippen LogP contribution in [0.4, 0.5) is 4.79 Å². The summed E-state index contributed by atoms with van der Waals surface area (Å²) < 4.78 is 5.23. The quantitative estimate of drug-likeness (QED) is 0.877. The zero-order valence-electron chi connectivity index (χ0n) is 13.1. The van der Waals surface area contributed by atoms with Crippen molar-refractivity contribution in [3.05, 3.63) is 24.2 Å². The molecule has 1 fully saturated rings. The summed E-state index contributed by atoms with van der Waals surface area (Å²) in [5.74, 6) is 0.974. The zero-order valence-corrected chi connectivity index (χ0v) is 13.1. The highest BCUT2D eigenvalue weighted by molar-refractivity contribution is 5.75. The molecule has 2 N–H and O–H groups in total. The smallest absolute Gasteiger partial charge is 0.317 e. The number of furan rings is 1. The van der Waals surface area contributed by atoms with Crippen LogP contribution in [0.3, 0.4) is 0 Å². The molecule has 21 heavy (non-hydrogen) atoms. The molecule has 5 heteroatoms. The summed E-state index contributed by atoms with van der Waals surface area (Å²) in [4.78, 5) is 14.2. The Hall–Kier alpha value is -1.49. The molecule has 1 aromatic rings. The summed E-state index contributed by atoms with van der Waals surface area (Å²) in [6.45, 7) is 6.96. The van der Waals surface area contributed by atoms with Gasteiger partial charge in [-0.15, -0.1) is 0 Å². The van der Waals surface area contributed by atoms with E-state index in [0.29, 0.717) is 18.1 Å². The van der Waals surface area contributed by atoms with E-state index in [4.69, 9.17) is 4.42 Å². The van der Waals surface area contributed by atoms with Crippen molar-refractivity contribution in [1.82, 2.24) is 10.2 Å². The van der Waals surface area contributed by atoms with E-state index in [-0.39, 0.29) is 18.1 Å². The number of nitrogens with one attached hydrogen (secondary N) is 1. The second kappa shape index (κ2) is 6.98. The topological polar surface area (TPSA) is 65.7 Å². The number of hydrogen-bond acceptors (Lipinski definition) is 3. The highest BCUT2D eigenvalue weighted by Crippen LogP contribution is 2.27. The molecule has 0 radical (unpaired) electrons. The molecule has 1 aromatic heterocycles. The lowest BCUT2D eigenvalue weighted by Gasteiger charge is -2.28. The Kier molecular flexibility index (Phi) is 5.28. The van der Waals surface area contributed by atoms with Crippen molar-refractivity contribution < 1.29 is 14.3 Å². The lowest BCUT2D eigenvalue weighted by molar-refractivity contribution is 0.107. The number of aliphatic hydroxyl groups excluding tert-OH is 1. The van der Waals surface area contributed by atoms with Gasteiger partial charge in [-0.2, -0.15) is 0 Å². The van der Waals surface area contributed by atoms with E-state index < -0.39 is 6.10 Å². The van der Waals surface area contributed by atoms with Crippen molar-refractivity contribution in [3.8, 4) is 0 Å². The third-order valence-corrected chi connectivity index (χ3v) is 4.36. The van der Waals surface area contributed by atoms with E-state index in [1.165, 1.54) is 0 Å². The van der Waals surface area contributed by atoms with Gasteiger partial charge >= 0.3 is 6.03 Å². The van der Waals surface area contributed by atoms with Gasteiger partial charge in [0.05, 0.1) is 6.26 Å². The highest BCUT2D eigenvalue weighted by atomic mass is 16.4. The fraction of sp³-hybridized carbons (Fsp3) is 0.688. The normalized spacial score (nSPS) is 21.6. The summed E-state index contributed by atoms with van der Waals surface area (Å²) in [5, 5.41) is 13.2. The van der Waals surface area contributed by atoms with E-state index in [9.17, 15) is 9.90 Å². The van der Waals surface area contributed by atoms with Crippen molar-refractivity contribution >= 4 is 6.03 Å². The maximum absolute atomic E-state index is 12.3. The predicted molar refractivity (Wildman–Crippen MR) is 80.8 cm³/mol. The Balaban J connectivity index is 1.92. The minimum Gasteiger partial charge on any atom is -0.467 e. The van der Waals surface area contributed by atoms with Crippen LogP contribution < -0.4 is 5.32 Å². The van der Waals surface area contributed by atoms with Gasteiger partial charge in [0, 0.05) is 25.0 Å². The minimum atomic E-state index is -0.652. The molecule has 3 atom stereocenters. The summed E-state index contributed by atoms with van der Waals surface area (Å²) in [6.07, 6.45) is 3.35. The Bertz CT molecular complexity index is 444. The summed E-state index contributed by atoms with van der Waals surface area (Å²) in [7, 11) is 0. The predicted octanol–water partition coefficient (Wildman–Crippen LogP) is 2.92. The molecule has 0 saturated carbocycles. The van der Waals surface area contributed by atoms with Gasteiger partial charge < -0.3 is 19.7 Å². The molecule has 3 unspecified atom stereocenters. The number of nitrogens with zero attached hydrogens (tertiary/aromatic N) is 1. The fourth-order valence-corrected chi connectivity index (χ4v) is 2.65. The van der Waals surface area contributed by atoms with Crippen LogP contribution in [0.5, 0.6) is 0 Å². The molecule has 1 aliphatic heterocycles. The molecule has 2 heterocycles. The van der Waals surface area contributed by atoms with E-state index in [0.717, 1.165) is 19.4 Å². The van der Waals surface area contributed by atoms with Gasteiger partial charge in [-0.1, -0.05) is 13.8 Å². The van der Waals surface area contributed by atoms with Crippen molar-refractivity contribution in [2.45, 2.75) is 58.2 Å². The molecular weight excluding hydrogens is 268 g/mol. The maximum atomic E-state index is 12.3. The lowest BCUT2D eigenvalue weighted by atomic mass is 10.0. The van der Waals surface area contributed by atoms with Gasteiger partial charge in [-0.05, 0) is 37.8 Å². The van der Waals surface area contributed by atoms with Crippen LogP contribution in [0.15, 0.2) is 22.8 Å². The molecule has 0 aliphatic carbocycles. The lowest BCUT2D eigenvalue weighted by Crippen LogP contribution is -2.47. The minimum absolute atomic E-state index is 0.0228. The van der Waals surface area contributed by atoms with E-state index in [2.05, 4.69) is 19.2 Å². The second-order valence-corrected chi connectivity index (χ2v) is 6.24. The molecule has 0 bridgehead atoms. The molecule has 0 aromatic carbocycles. The maximum Gasteiger partial charge on any atom is 0.317 e. The summed E-state index contributed by atoms with van der Waals surface area (Å²) >= 11 is 0. The van der Waals surface area contributed by atoms with E-state index in [1.807, 2.05) is 11.8 Å². The first kappa shape index (κ1) is 15.9. The Morgan fingerprint density at radius 1 is 1.52 bits per heavy atom. The molecule has 1 saturated heterocycles. The number of urea groups is 1. The van der Waals surface area contributed by atoms with Crippen LogP contribution in [0.1, 0.15) is 51.9 Å². The van der Waals surface area contributed by atoms with Crippen LogP contribution in [0, 0.1) is 5.92 Å². The van der Waals surface area contributed by atoms with Crippen molar-refractivity contribution in [2.24, 2.45) is 5.92 Å². The molecule has 5 nitrogen and oxygen atoms in total. The van der Waals surface area contributed by atoms with Gasteiger partial charge in [-0.3, -0.25) is 0 Å². The SMILES string of the molecule is CC(C)C(C)NC(=O)N1CCCC1CC(O)c1ccco1. The fourth-order valence-electron chi connectivity index (χ4n) is 2.65. The van der Waals surface area contributed by atoms with Crippen molar-refractivity contribution in [2.75, 3.05) is 6.54 Å². The largest absolute Gasteiger partial charge is 0.467 e. The van der Waals surface area contributed by atoms with Gasteiger partial charge in [0.1, 0.15) is 11.9 Å². The Morgan fingerprint density at radius 2 is 2.29 bits per heavy atom. The number of rotatable bonds is 5. The standard InChI is InChI=1S/C16H26N2O3/c1-11(2)12(3)17-16(20)18-8-4-6-13(18)10-14(19)15-7-5-9-21-15/h5,7,9,11-14,19H,4,6,8,10H2,1-3H3,(H,17,20). The van der Waals surface area contributed by atoms with E-state index >= 15 is 0 Å². The molecule has 1 aliphatic rings. The zero-order chi connectivity index (χ0) is 15.4. The molecule has 2 rings (SSSR count). The third-order valence-electron chi connectivity index (χ3n) is 4.36. The third kappa shape index (κ3) is 4.00. The number of hydrogen-bond donors (Lipinski definition) is 2. The van der Waals surface area contributed by atoms with Gasteiger partial charge in [0.15, 0.2) is 0 Å². The summed E-state index contributed by atoms with van der Waals surface area (Å²) in [6, 6.07) is 3.73. The molecule has 0 spiro atoms. The average molecular weight is 294 g/mol. The number of carbonyl (C=O) groups excluding carboxylic acids is 1. The number of amides is 2. The Labute approximate surface area is 126 Å². The Morgan fingerprint density at radius 3 is 2.90 bits per heavy atom. The number of carbonyl (C=O) groups is 1. The molecule has 2 amide bonds.